The first kappa shape index (κ1) is 18.6. The second-order valence-electron chi connectivity index (χ2n) is 6.42. The van der Waals surface area contributed by atoms with Gasteiger partial charge in [0.2, 0.25) is 0 Å². The number of oxime groups is 1. The van der Waals surface area contributed by atoms with Crippen molar-refractivity contribution in [3.8, 4) is 0 Å². The molecule has 0 N–H and O–H groups in total. The quantitative estimate of drug-likeness (QED) is 0.503. The van der Waals surface area contributed by atoms with E-state index in [9.17, 15) is 4.79 Å². The number of carbonyl (C=O) groups excluding carboxylic acids is 1. The van der Waals surface area contributed by atoms with E-state index >= 15 is 0 Å². The number of unbranched alkanes of at least 4 members (excludes halogenated alkanes) is 1. The molecular weight excluding hydrogens is 406 g/mol. The predicted molar refractivity (Wildman–Crippen MR) is 102 cm³/mol. The van der Waals surface area contributed by atoms with Crippen LogP contribution in [0.5, 0.6) is 0 Å². The van der Waals surface area contributed by atoms with E-state index in [1.807, 2.05) is 4.90 Å². The normalized spacial score (nSPS) is 21.1. The summed E-state index contributed by atoms with van der Waals surface area (Å²) in [6.07, 6.45) is 4.57. The fraction of sp³-hybridized carbons (Fsp3) is 0.706. The Morgan fingerprint density at radius 1 is 1.48 bits per heavy atom. The molecule has 25 heavy (non-hydrogen) atoms. The van der Waals surface area contributed by atoms with Crippen molar-refractivity contribution in [2.45, 2.75) is 51.0 Å². The molecule has 8 heteroatoms. The molecule has 1 fully saturated rings. The Bertz CT molecular complexity index is 614. The molecule has 0 aliphatic carbocycles. The maximum absolute atomic E-state index is 12.0. The number of amides is 1. The Hall–Kier alpha value is -1.15. The van der Waals surface area contributed by atoms with Crippen molar-refractivity contribution in [1.82, 2.24) is 9.88 Å². The van der Waals surface area contributed by atoms with Crippen LogP contribution in [0.25, 0.3) is 0 Å². The lowest BCUT2D eigenvalue weighted by molar-refractivity contribution is 0.0916. The van der Waals surface area contributed by atoms with Crippen molar-refractivity contribution in [3.05, 3.63) is 16.1 Å². The smallest absolute Gasteiger partial charge is 0.409 e. The zero-order valence-corrected chi connectivity index (χ0v) is 16.9. The summed E-state index contributed by atoms with van der Waals surface area (Å²) in [6.45, 7) is 4.08. The number of carbonyl (C=O) groups is 1. The predicted octanol–water partition coefficient (Wildman–Crippen LogP) is 4.15. The Kier molecular flexibility index (Phi) is 6.70. The minimum Gasteiger partial charge on any atom is -0.449 e. The molecule has 0 aromatic carbocycles. The SMILES string of the molecule is CCCCOC(=O)N1CCC(c2nc(C3=NOC(CBr)C3)cs2)CC1. The molecule has 1 amide bonds. The fourth-order valence-electron chi connectivity index (χ4n) is 2.97. The lowest BCUT2D eigenvalue weighted by atomic mass is 9.98. The second kappa shape index (κ2) is 8.98. The first-order valence-electron chi connectivity index (χ1n) is 8.87. The molecule has 0 bridgehead atoms. The molecule has 3 heterocycles. The van der Waals surface area contributed by atoms with Gasteiger partial charge in [0.05, 0.1) is 17.3 Å². The van der Waals surface area contributed by atoms with Crippen molar-refractivity contribution in [1.29, 1.82) is 0 Å². The van der Waals surface area contributed by atoms with Crippen molar-refractivity contribution in [2.24, 2.45) is 5.16 Å². The summed E-state index contributed by atoms with van der Waals surface area (Å²) in [4.78, 5) is 24.0. The fourth-order valence-corrected chi connectivity index (χ4v) is 4.32. The molecule has 2 aliphatic heterocycles. The van der Waals surface area contributed by atoms with E-state index in [1.165, 1.54) is 0 Å². The summed E-state index contributed by atoms with van der Waals surface area (Å²) in [5.74, 6) is 0.410. The van der Waals surface area contributed by atoms with Crippen LogP contribution in [0.4, 0.5) is 4.79 Å². The Morgan fingerprint density at radius 3 is 2.96 bits per heavy atom. The molecule has 1 aromatic rings. The van der Waals surface area contributed by atoms with E-state index < -0.39 is 0 Å². The number of alkyl halides is 1. The van der Waals surface area contributed by atoms with Gasteiger partial charge < -0.3 is 14.5 Å². The minimum absolute atomic E-state index is 0.113. The van der Waals surface area contributed by atoms with Gasteiger partial charge in [0.15, 0.2) is 0 Å². The van der Waals surface area contributed by atoms with Crippen LogP contribution in [0.15, 0.2) is 10.5 Å². The number of likely N-dealkylation sites (tertiary alicyclic amines) is 1. The molecule has 1 atom stereocenters. The Morgan fingerprint density at radius 2 is 2.28 bits per heavy atom. The number of hydrogen-bond donors (Lipinski definition) is 0. The highest BCUT2D eigenvalue weighted by molar-refractivity contribution is 9.09. The highest BCUT2D eigenvalue weighted by Crippen LogP contribution is 2.31. The van der Waals surface area contributed by atoms with Crippen molar-refractivity contribution < 1.29 is 14.4 Å². The molecule has 0 spiro atoms. The molecule has 1 saturated heterocycles. The standard InChI is InChI=1S/C17H24BrN3O3S/c1-2-3-8-23-17(22)21-6-4-12(5-7-21)16-19-15(11-25-16)14-9-13(10-18)24-20-14/h11-13H,2-10H2,1H3. The van der Waals surface area contributed by atoms with E-state index in [4.69, 9.17) is 14.6 Å². The topological polar surface area (TPSA) is 64.0 Å². The summed E-state index contributed by atoms with van der Waals surface area (Å²) in [6, 6.07) is 0. The summed E-state index contributed by atoms with van der Waals surface area (Å²) in [7, 11) is 0. The van der Waals surface area contributed by atoms with Crippen LogP contribution in [0, 0.1) is 0 Å². The van der Waals surface area contributed by atoms with Crippen LogP contribution in [-0.2, 0) is 9.57 Å². The van der Waals surface area contributed by atoms with Crippen molar-refractivity contribution in [2.75, 3.05) is 25.0 Å². The molecular formula is C17H24BrN3O3S. The van der Waals surface area contributed by atoms with Gasteiger partial charge in [-0.1, -0.05) is 34.4 Å². The molecule has 1 aromatic heterocycles. The summed E-state index contributed by atoms with van der Waals surface area (Å²) >= 11 is 5.11. The average Bonchev–Trinajstić information content (AvgIpc) is 3.31. The molecule has 3 rings (SSSR count). The molecule has 0 radical (unpaired) electrons. The van der Waals surface area contributed by atoms with Gasteiger partial charge in [-0.15, -0.1) is 11.3 Å². The molecule has 6 nitrogen and oxygen atoms in total. The summed E-state index contributed by atoms with van der Waals surface area (Å²) in [5, 5.41) is 8.14. The third-order valence-electron chi connectivity index (χ3n) is 4.55. The van der Waals surface area contributed by atoms with Crippen LogP contribution in [-0.4, -0.2) is 52.8 Å². The number of piperidine rings is 1. The Balaban J connectivity index is 1.49. The third kappa shape index (κ3) is 4.73. The van der Waals surface area contributed by atoms with Crippen LogP contribution in [0.1, 0.15) is 55.6 Å². The monoisotopic (exact) mass is 429 g/mol. The van der Waals surface area contributed by atoms with Gasteiger partial charge in [0, 0.05) is 36.1 Å². The van der Waals surface area contributed by atoms with E-state index in [0.29, 0.717) is 12.5 Å². The van der Waals surface area contributed by atoms with Crippen LogP contribution in [0.3, 0.4) is 0 Å². The van der Waals surface area contributed by atoms with Gasteiger partial charge in [-0.25, -0.2) is 9.78 Å². The van der Waals surface area contributed by atoms with Crippen molar-refractivity contribution >= 4 is 39.1 Å². The number of halogens is 1. The van der Waals surface area contributed by atoms with Gasteiger partial charge in [-0.05, 0) is 19.3 Å². The zero-order valence-electron chi connectivity index (χ0n) is 14.4. The third-order valence-corrected chi connectivity index (χ3v) is 6.28. The van der Waals surface area contributed by atoms with E-state index in [-0.39, 0.29) is 12.2 Å². The van der Waals surface area contributed by atoms with E-state index in [1.54, 1.807) is 11.3 Å². The number of aromatic nitrogens is 1. The lowest BCUT2D eigenvalue weighted by Crippen LogP contribution is -2.38. The highest BCUT2D eigenvalue weighted by atomic mass is 79.9. The Labute approximate surface area is 160 Å². The number of nitrogens with zero attached hydrogens (tertiary/aromatic N) is 3. The van der Waals surface area contributed by atoms with Gasteiger partial charge in [0.25, 0.3) is 0 Å². The lowest BCUT2D eigenvalue weighted by Gasteiger charge is -2.30. The maximum atomic E-state index is 12.0. The largest absolute Gasteiger partial charge is 0.449 e. The molecule has 2 aliphatic rings. The van der Waals surface area contributed by atoms with Gasteiger partial charge >= 0.3 is 6.09 Å². The second-order valence-corrected chi connectivity index (χ2v) is 7.96. The van der Waals surface area contributed by atoms with Crippen LogP contribution >= 0.6 is 27.3 Å². The highest BCUT2D eigenvalue weighted by Gasteiger charge is 2.28. The van der Waals surface area contributed by atoms with Crippen molar-refractivity contribution in [3.63, 3.8) is 0 Å². The molecule has 138 valence electrons. The van der Waals surface area contributed by atoms with E-state index in [0.717, 1.165) is 66.9 Å². The van der Waals surface area contributed by atoms with Crippen LogP contribution < -0.4 is 0 Å². The summed E-state index contributed by atoms with van der Waals surface area (Å²) < 4.78 is 5.30. The first-order valence-corrected chi connectivity index (χ1v) is 10.9. The number of hydrogen-bond acceptors (Lipinski definition) is 6. The van der Waals surface area contributed by atoms with Crippen LogP contribution in [0.2, 0.25) is 0 Å². The number of thiazole rings is 1. The maximum Gasteiger partial charge on any atom is 0.409 e. The molecule has 1 unspecified atom stereocenters. The van der Waals surface area contributed by atoms with Gasteiger partial charge in [0.1, 0.15) is 11.8 Å². The number of ether oxygens (including phenoxy) is 1. The molecule has 0 saturated carbocycles. The first-order chi connectivity index (χ1) is 12.2. The average molecular weight is 430 g/mol. The van der Waals surface area contributed by atoms with E-state index in [2.05, 4.69) is 33.4 Å². The minimum atomic E-state index is -0.176. The van der Waals surface area contributed by atoms with Gasteiger partial charge in [-0.2, -0.15) is 0 Å². The zero-order chi connectivity index (χ0) is 17.6. The summed E-state index contributed by atoms with van der Waals surface area (Å²) in [5.41, 5.74) is 1.87. The number of rotatable bonds is 6. The van der Waals surface area contributed by atoms with Gasteiger partial charge in [-0.3, -0.25) is 0 Å².